The highest BCUT2D eigenvalue weighted by atomic mass is 16.3. The van der Waals surface area contributed by atoms with Crippen molar-refractivity contribution >= 4 is 5.91 Å². The zero-order valence-electron chi connectivity index (χ0n) is 13.6. The summed E-state index contributed by atoms with van der Waals surface area (Å²) in [6, 6.07) is 10.4. The van der Waals surface area contributed by atoms with Crippen LogP contribution in [0.15, 0.2) is 47.1 Å². The molecule has 0 atom stereocenters. The van der Waals surface area contributed by atoms with Crippen LogP contribution in [-0.2, 0) is 17.9 Å². The van der Waals surface area contributed by atoms with Gasteiger partial charge in [0.15, 0.2) is 0 Å². The number of hydrogen-bond acceptors (Lipinski definition) is 4. The van der Waals surface area contributed by atoms with Crippen molar-refractivity contribution in [1.82, 2.24) is 4.90 Å². The topological polar surface area (TPSA) is 73.9 Å². The molecule has 5 heteroatoms. The number of carbonyl (C=O) groups is 1. The Morgan fingerprint density at radius 3 is 2.46 bits per heavy atom. The minimum Gasteiger partial charge on any atom is -0.508 e. The smallest absolute Gasteiger partial charge is 0.226 e. The van der Waals surface area contributed by atoms with E-state index in [1.165, 1.54) is 0 Å². The molecular formula is C19H23NO4. The fraction of sp³-hybridized carbons (Fsp3) is 0.421. The summed E-state index contributed by atoms with van der Waals surface area (Å²) in [7, 11) is 0. The number of phenols is 1. The van der Waals surface area contributed by atoms with E-state index < -0.39 is 5.60 Å². The predicted octanol–water partition coefficient (Wildman–Crippen LogP) is 3.21. The van der Waals surface area contributed by atoms with E-state index in [1.54, 1.807) is 41.5 Å². The van der Waals surface area contributed by atoms with E-state index in [-0.39, 0.29) is 18.1 Å². The van der Waals surface area contributed by atoms with Gasteiger partial charge in [-0.1, -0.05) is 25.0 Å². The number of carbonyl (C=O) groups excluding carboxylic acids is 1. The monoisotopic (exact) mass is 329 g/mol. The van der Waals surface area contributed by atoms with Crippen molar-refractivity contribution in [1.29, 1.82) is 0 Å². The Bertz CT molecular complexity index is 657. The van der Waals surface area contributed by atoms with Crippen LogP contribution in [0.25, 0.3) is 0 Å². The average molecular weight is 329 g/mol. The largest absolute Gasteiger partial charge is 0.508 e. The quantitative estimate of drug-likeness (QED) is 0.853. The number of rotatable bonds is 6. The van der Waals surface area contributed by atoms with Crippen molar-refractivity contribution in [3.05, 3.63) is 54.0 Å². The van der Waals surface area contributed by atoms with Crippen LogP contribution in [0.4, 0.5) is 0 Å². The first-order valence-electron chi connectivity index (χ1n) is 8.35. The van der Waals surface area contributed by atoms with Crippen molar-refractivity contribution in [2.24, 2.45) is 0 Å². The van der Waals surface area contributed by atoms with Crippen molar-refractivity contribution in [3.63, 3.8) is 0 Å². The molecule has 1 saturated carbocycles. The summed E-state index contributed by atoms with van der Waals surface area (Å²) in [6.07, 6.45) is 5.05. The van der Waals surface area contributed by atoms with Crippen LogP contribution in [-0.4, -0.2) is 26.6 Å². The van der Waals surface area contributed by atoms with Gasteiger partial charge in [-0.25, -0.2) is 0 Å². The van der Waals surface area contributed by atoms with Crippen LogP contribution in [0.2, 0.25) is 0 Å². The molecule has 2 N–H and O–H groups in total. The number of hydrogen-bond donors (Lipinski definition) is 2. The molecule has 0 radical (unpaired) electrons. The molecule has 0 aliphatic heterocycles. The lowest BCUT2D eigenvalue weighted by Crippen LogP contribution is -2.37. The third kappa shape index (κ3) is 4.17. The molecule has 5 nitrogen and oxygen atoms in total. The van der Waals surface area contributed by atoms with Gasteiger partial charge in [0.05, 0.1) is 24.8 Å². The molecule has 1 amide bonds. The SMILES string of the molecule is O=C(CC1(O)CCCC1)N(Cc1ccc(O)cc1)Cc1ccco1. The van der Waals surface area contributed by atoms with Gasteiger partial charge in [-0.3, -0.25) is 4.79 Å². The van der Waals surface area contributed by atoms with E-state index in [0.29, 0.717) is 31.7 Å². The number of aromatic hydroxyl groups is 1. The molecule has 0 unspecified atom stereocenters. The van der Waals surface area contributed by atoms with Gasteiger partial charge >= 0.3 is 0 Å². The van der Waals surface area contributed by atoms with E-state index in [0.717, 1.165) is 18.4 Å². The predicted molar refractivity (Wildman–Crippen MR) is 89.1 cm³/mol. The Hall–Kier alpha value is -2.27. The molecule has 1 aromatic heterocycles. The zero-order chi connectivity index (χ0) is 17.0. The van der Waals surface area contributed by atoms with Crippen LogP contribution in [0.5, 0.6) is 5.75 Å². The molecule has 1 aliphatic carbocycles. The highest BCUT2D eigenvalue weighted by Crippen LogP contribution is 2.33. The summed E-state index contributed by atoms with van der Waals surface area (Å²) in [4.78, 5) is 14.5. The lowest BCUT2D eigenvalue weighted by molar-refractivity contribution is -0.137. The molecule has 1 heterocycles. The Balaban J connectivity index is 1.73. The molecule has 24 heavy (non-hydrogen) atoms. The van der Waals surface area contributed by atoms with Crippen LogP contribution < -0.4 is 0 Å². The van der Waals surface area contributed by atoms with E-state index in [2.05, 4.69) is 0 Å². The van der Waals surface area contributed by atoms with E-state index in [9.17, 15) is 15.0 Å². The molecule has 0 spiro atoms. The average Bonchev–Trinajstić information content (AvgIpc) is 3.20. The van der Waals surface area contributed by atoms with Gasteiger partial charge < -0.3 is 19.5 Å². The Kier molecular flexibility index (Phi) is 4.90. The van der Waals surface area contributed by atoms with Crippen LogP contribution in [0.3, 0.4) is 0 Å². The van der Waals surface area contributed by atoms with Crippen molar-refractivity contribution < 1.29 is 19.4 Å². The molecule has 1 aromatic carbocycles. The van der Waals surface area contributed by atoms with Gasteiger partial charge in [-0.2, -0.15) is 0 Å². The Morgan fingerprint density at radius 1 is 1.12 bits per heavy atom. The number of phenolic OH excluding ortho intramolecular Hbond substituents is 1. The normalized spacial score (nSPS) is 16.2. The molecule has 2 aromatic rings. The van der Waals surface area contributed by atoms with Gasteiger partial charge in [0.1, 0.15) is 11.5 Å². The molecule has 0 bridgehead atoms. The van der Waals surface area contributed by atoms with Gasteiger partial charge in [-0.05, 0) is 42.7 Å². The second-order valence-corrected chi connectivity index (χ2v) is 6.60. The molecule has 3 rings (SSSR count). The maximum absolute atomic E-state index is 12.8. The van der Waals surface area contributed by atoms with Gasteiger partial charge in [0.25, 0.3) is 0 Å². The number of amides is 1. The lowest BCUT2D eigenvalue weighted by atomic mass is 9.97. The molecule has 128 valence electrons. The number of furan rings is 1. The van der Waals surface area contributed by atoms with Gasteiger partial charge in [0, 0.05) is 6.54 Å². The first kappa shape index (κ1) is 16.6. The molecular weight excluding hydrogens is 306 g/mol. The fourth-order valence-electron chi connectivity index (χ4n) is 3.25. The maximum atomic E-state index is 12.8. The minimum absolute atomic E-state index is 0.0797. The number of nitrogens with zero attached hydrogens (tertiary/aromatic N) is 1. The third-order valence-electron chi connectivity index (χ3n) is 4.60. The van der Waals surface area contributed by atoms with Crippen LogP contribution in [0.1, 0.15) is 43.4 Å². The first-order valence-corrected chi connectivity index (χ1v) is 8.35. The van der Waals surface area contributed by atoms with E-state index in [4.69, 9.17) is 4.42 Å². The van der Waals surface area contributed by atoms with Crippen LogP contribution >= 0.6 is 0 Å². The van der Waals surface area contributed by atoms with Crippen molar-refractivity contribution in [3.8, 4) is 5.75 Å². The molecule has 1 fully saturated rings. The Labute approximate surface area is 141 Å². The lowest BCUT2D eigenvalue weighted by Gasteiger charge is -2.27. The molecule has 0 saturated heterocycles. The highest BCUT2D eigenvalue weighted by Gasteiger charge is 2.35. The van der Waals surface area contributed by atoms with Gasteiger partial charge in [-0.15, -0.1) is 0 Å². The van der Waals surface area contributed by atoms with Gasteiger partial charge in [0.2, 0.25) is 5.91 Å². The van der Waals surface area contributed by atoms with Crippen LogP contribution in [0, 0.1) is 0 Å². The minimum atomic E-state index is -0.868. The summed E-state index contributed by atoms with van der Waals surface area (Å²) >= 11 is 0. The fourth-order valence-corrected chi connectivity index (χ4v) is 3.25. The van der Waals surface area contributed by atoms with Crippen molar-refractivity contribution in [2.45, 2.75) is 50.8 Å². The number of benzene rings is 1. The summed E-state index contributed by atoms with van der Waals surface area (Å²) in [6.45, 7) is 0.776. The third-order valence-corrected chi connectivity index (χ3v) is 4.60. The highest BCUT2D eigenvalue weighted by molar-refractivity contribution is 5.77. The van der Waals surface area contributed by atoms with E-state index >= 15 is 0 Å². The second-order valence-electron chi connectivity index (χ2n) is 6.60. The summed E-state index contributed by atoms with van der Waals surface area (Å²) in [5.41, 5.74) is 0.0547. The maximum Gasteiger partial charge on any atom is 0.226 e. The van der Waals surface area contributed by atoms with Crippen molar-refractivity contribution in [2.75, 3.05) is 0 Å². The Morgan fingerprint density at radius 2 is 1.83 bits per heavy atom. The summed E-state index contributed by atoms with van der Waals surface area (Å²) < 4.78 is 5.37. The van der Waals surface area contributed by atoms with E-state index in [1.807, 2.05) is 6.07 Å². The summed E-state index contributed by atoms with van der Waals surface area (Å²) in [5.74, 6) is 0.826. The zero-order valence-corrected chi connectivity index (χ0v) is 13.6. The standard InChI is InChI=1S/C19H23NO4/c21-16-7-5-15(6-8-16)13-20(14-17-4-3-11-24-17)18(22)12-19(23)9-1-2-10-19/h3-8,11,21,23H,1-2,9-10,12-14H2. The molecule has 1 aliphatic rings. The second kappa shape index (κ2) is 7.09. The number of aliphatic hydroxyl groups is 1. The first-order chi connectivity index (χ1) is 11.5. The summed E-state index contributed by atoms with van der Waals surface area (Å²) in [5, 5.41) is 19.9.